The smallest absolute Gasteiger partial charge is 0.331 e. The van der Waals surface area contributed by atoms with Crippen molar-refractivity contribution in [3.63, 3.8) is 0 Å². The number of ketones is 1. The largest absolute Gasteiger partial charge is 0.497 e. The fourth-order valence-electron chi connectivity index (χ4n) is 3.98. The van der Waals surface area contributed by atoms with Crippen molar-refractivity contribution in [2.45, 2.75) is 32.9 Å². The van der Waals surface area contributed by atoms with Gasteiger partial charge in [0, 0.05) is 13.0 Å². The van der Waals surface area contributed by atoms with Crippen molar-refractivity contribution in [2.24, 2.45) is 0 Å². The van der Waals surface area contributed by atoms with Crippen LogP contribution >= 0.6 is 0 Å². The highest BCUT2D eigenvalue weighted by Crippen LogP contribution is 2.14. The number of nitrogens with zero attached hydrogens (tertiary/aromatic N) is 2. The van der Waals surface area contributed by atoms with Gasteiger partial charge < -0.3 is 4.74 Å². The Balaban J connectivity index is 1.65. The Morgan fingerprint density at radius 1 is 0.886 bits per heavy atom. The molecule has 0 aliphatic carbocycles. The molecule has 0 saturated heterocycles. The molecule has 0 bridgehead atoms. The van der Waals surface area contributed by atoms with Gasteiger partial charge in [-0.15, -0.1) is 0 Å². The van der Waals surface area contributed by atoms with Crippen LogP contribution in [0.2, 0.25) is 0 Å². The maximum absolute atomic E-state index is 13.5. The zero-order chi connectivity index (χ0) is 24.8. The SMILES string of the molecule is CCC(=O)/C=C/c1ccc(Cn2c(=O)n(CCc3ccc(OC)cc3)c(=O)c3ccccc32)cc1. The van der Waals surface area contributed by atoms with E-state index in [4.69, 9.17) is 4.74 Å². The lowest BCUT2D eigenvalue weighted by Gasteiger charge is -2.14. The molecule has 4 rings (SSSR count). The molecule has 178 valence electrons. The molecule has 0 amide bonds. The van der Waals surface area contributed by atoms with Crippen LogP contribution in [0.3, 0.4) is 0 Å². The first kappa shape index (κ1) is 24.0. The van der Waals surface area contributed by atoms with Crippen LogP contribution in [0.15, 0.2) is 88.5 Å². The van der Waals surface area contributed by atoms with E-state index in [1.807, 2.05) is 67.6 Å². The predicted octanol–water partition coefficient (Wildman–Crippen LogP) is 4.46. The number of carbonyl (C=O) groups excluding carboxylic acids is 1. The number of para-hydroxylation sites is 1. The topological polar surface area (TPSA) is 70.3 Å². The Morgan fingerprint density at radius 3 is 2.26 bits per heavy atom. The summed E-state index contributed by atoms with van der Waals surface area (Å²) >= 11 is 0. The van der Waals surface area contributed by atoms with E-state index < -0.39 is 0 Å². The monoisotopic (exact) mass is 468 g/mol. The third-order valence-electron chi connectivity index (χ3n) is 6.05. The Labute approximate surface area is 203 Å². The summed E-state index contributed by atoms with van der Waals surface area (Å²) in [6.07, 6.45) is 4.38. The van der Waals surface area contributed by atoms with E-state index in [0.29, 0.717) is 30.3 Å². The van der Waals surface area contributed by atoms with Gasteiger partial charge in [-0.2, -0.15) is 0 Å². The number of fused-ring (bicyclic) bond motifs is 1. The highest BCUT2D eigenvalue weighted by molar-refractivity contribution is 5.93. The van der Waals surface area contributed by atoms with Gasteiger partial charge in [0.2, 0.25) is 0 Å². The molecule has 35 heavy (non-hydrogen) atoms. The number of benzene rings is 3. The van der Waals surface area contributed by atoms with Gasteiger partial charge in [0.1, 0.15) is 5.75 Å². The second kappa shape index (κ2) is 10.8. The number of carbonyl (C=O) groups is 1. The lowest BCUT2D eigenvalue weighted by atomic mass is 10.1. The molecule has 4 aromatic rings. The summed E-state index contributed by atoms with van der Waals surface area (Å²) in [7, 11) is 1.61. The van der Waals surface area contributed by atoms with E-state index in [-0.39, 0.29) is 23.6 Å². The Kier molecular flexibility index (Phi) is 7.41. The van der Waals surface area contributed by atoms with Gasteiger partial charge in [-0.25, -0.2) is 4.79 Å². The van der Waals surface area contributed by atoms with E-state index in [9.17, 15) is 14.4 Å². The Bertz CT molecular complexity index is 1480. The molecule has 0 atom stereocenters. The van der Waals surface area contributed by atoms with Crippen LogP contribution in [-0.2, 0) is 24.3 Å². The maximum atomic E-state index is 13.5. The number of ether oxygens (including phenoxy) is 1. The third kappa shape index (κ3) is 5.49. The van der Waals surface area contributed by atoms with Crippen molar-refractivity contribution < 1.29 is 9.53 Å². The second-order valence-electron chi connectivity index (χ2n) is 8.34. The number of methoxy groups -OCH3 is 1. The summed E-state index contributed by atoms with van der Waals surface area (Å²) in [6, 6.07) is 22.5. The van der Waals surface area contributed by atoms with Crippen LogP contribution in [-0.4, -0.2) is 22.0 Å². The number of allylic oxidation sites excluding steroid dienone is 1. The fourth-order valence-corrected chi connectivity index (χ4v) is 3.98. The van der Waals surface area contributed by atoms with E-state index in [1.54, 1.807) is 36.0 Å². The predicted molar refractivity (Wildman–Crippen MR) is 139 cm³/mol. The van der Waals surface area contributed by atoms with Crippen LogP contribution in [0.25, 0.3) is 17.0 Å². The molecular formula is C29H28N2O4. The third-order valence-corrected chi connectivity index (χ3v) is 6.05. The molecule has 0 spiro atoms. The van der Waals surface area contributed by atoms with Gasteiger partial charge in [0.15, 0.2) is 5.78 Å². The Morgan fingerprint density at radius 2 is 1.57 bits per heavy atom. The molecule has 0 fully saturated rings. The van der Waals surface area contributed by atoms with E-state index in [2.05, 4.69) is 0 Å². The number of hydrogen-bond acceptors (Lipinski definition) is 4. The van der Waals surface area contributed by atoms with Crippen LogP contribution in [0.1, 0.15) is 30.0 Å². The van der Waals surface area contributed by atoms with Crippen molar-refractivity contribution in [1.29, 1.82) is 0 Å². The first-order valence-corrected chi connectivity index (χ1v) is 11.7. The molecule has 0 N–H and O–H groups in total. The van der Waals surface area contributed by atoms with Gasteiger partial charge in [-0.1, -0.05) is 61.5 Å². The molecule has 0 aliphatic rings. The van der Waals surface area contributed by atoms with Crippen molar-refractivity contribution in [3.05, 3.63) is 116 Å². The lowest BCUT2D eigenvalue weighted by molar-refractivity contribution is -0.114. The summed E-state index contributed by atoms with van der Waals surface area (Å²) in [4.78, 5) is 38.2. The van der Waals surface area contributed by atoms with Gasteiger partial charge in [-0.3, -0.25) is 18.7 Å². The molecule has 0 radical (unpaired) electrons. The molecule has 3 aromatic carbocycles. The van der Waals surface area contributed by atoms with Crippen LogP contribution in [0.5, 0.6) is 5.75 Å². The average Bonchev–Trinajstić information content (AvgIpc) is 2.90. The highest BCUT2D eigenvalue weighted by Gasteiger charge is 2.13. The van der Waals surface area contributed by atoms with E-state index in [0.717, 1.165) is 22.4 Å². The van der Waals surface area contributed by atoms with Crippen LogP contribution in [0, 0.1) is 0 Å². The summed E-state index contributed by atoms with van der Waals surface area (Å²) in [5, 5.41) is 0.513. The van der Waals surface area contributed by atoms with E-state index >= 15 is 0 Å². The minimum Gasteiger partial charge on any atom is -0.497 e. The zero-order valence-corrected chi connectivity index (χ0v) is 19.9. The quantitative estimate of drug-likeness (QED) is 0.340. The van der Waals surface area contributed by atoms with Crippen LogP contribution < -0.4 is 16.0 Å². The second-order valence-corrected chi connectivity index (χ2v) is 8.34. The first-order valence-electron chi connectivity index (χ1n) is 11.7. The summed E-state index contributed by atoms with van der Waals surface area (Å²) in [5.74, 6) is 0.835. The van der Waals surface area contributed by atoms with Crippen LogP contribution in [0.4, 0.5) is 0 Å². The van der Waals surface area contributed by atoms with Crippen molar-refractivity contribution in [1.82, 2.24) is 9.13 Å². The maximum Gasteiger partial charge on any atom is 0.331 e. The molecule has 1 heterocycles. The average molecular weight is 469 g/mol. The zero-order valence-electron chi connectivity index (χ0n) is 19.9. The number of aryl methyl sites for hydroxylation is 1. The van der Waals surface area contributed by atoms with Crippen molar-refractivity contribution in [3.8, 4) is 5.75 Å². The number of hydrogen-bond donors (Lipinski definition) is 0. The summed E-state index contributed by atoms with van der Waals surface area (Å²) < 4.78 is 8.17. The minimum atomic E-state index is -0.334. The van der Waals surface area contributed by atoms with E-state index in [1.165, 1.54) is 4.57 Å². The standard InChI is InChI=1S/C29H28N2O4/c1-3-24(32)15-12-21-8-10-23(11-9-21)20-31-27-7-5-4-6-26(27)28(33)30(29(31)34)19-18-22-13-16-25(35-2)17-14-22/h4-17H,3,18-20H2,1-2H3/b15-12+. The normalized spacial score (nSPS) is 11.3. The molecule has 6 nitrogen and oxygen atoms in total. The number of rotatable bonds is 9. The van der Waals surface area contributed by atoms with Crippen molar-refractivity contribution in [2.75, 3.05) is 7.11 Å². The fraction of sp³-hybridized carbons (Fsp3) is 0.207. The lowest BCUT2D eigenvalue weighted by Crippen LogP contribution is -2.40. The molecule has 0 aliphatic heterocycles. The van der Waals surface area contributed by atoms with Crippen molar-refractivity contribution >= 4 is 22.8 Å². The van der Waals surface area contributed by atoms with Gasteiger partial charge >= 0.3 is 5.69 Å². The first-order chi connectivity index (χ1) is 17.0. The summed E-state index contributed by atoms with van der Waals surface area (Å²) in [6.45, 7) is 2.44. The molecular weight excluding hydrogens is 440 g/mol. The van der Waals surface area contributed by atoms with Gasteiger partial charge in [0.05, 0.1) is 24.6 Å². The van der Waals surface area contributed by atoms with Gasteiger partial charge in [-0.05, 0) is 53.5 Å². The Hall–Kier alpha value is -4.19. The molecule has 6 heteroatoms. The minimum absolute atomic E-state index is 0.0731. The summed E-state index contributed by atoms with van der Waals surface area (Å²) in [5.41, 5.74) is 2.85. The highest BCUT2D eigenvalue weighted by atomic mass is 16.5. The number of aromatic nitrogens is 2. The van der Waals surface area contributed by atoms with Gasteiger partial charge in [0.25, 0.3) is 5.56 Å². The molecule has 1 aromatic heterocycles. The molecule has 0 saturated carbocycles. The molecule has 0 unspecified atom stereocenters.